The molecule has 1 unspecified atom stereocenters. The van der Waals surface area contributed by atoms with E-state index in [4.69, 9.17) is 0 Å². The van der Waals surface area contributed by atoms with Crippen LogP contribution < -0.4 is 0 Å². The first-order valence-corrected chi connectivity index (χ1v) is 12.9. The fourth-order valence-electron chi connectivity index (χ4n) is 8.49. The van der Waals surface area contributed by atoms with Gasteiger partial charge in [-0.1, -0.05) is 71.9 Å². The first kappa shape index (κ1) is 21.5. The van der Waals surface area contributed by atoms with E-state index in [1.165, 1.54) is 51.4 Å². The SMILES string of the molecule is CC[C@H](/C=C/C(C)[C@H]1CC[C@H]2[C@@H]3CC=C4C=CCC[C@]4(C)[C@H]3CC[C@]12C)C(C)C. The van der Waals surface area contributed by atoms with Crippen LogP contribution >= 0.6 is 0 Å². The molecule has 0 radical (unpaired) electrons. The standard InChI is InChI=1S/C29H46/c1-7-22(20(2)3)12-11-21(4)25-15-16-26-24-14-13-23-10-8-9-18-28(23,5)27(24)17-19-29(25,26)6/h8,10-13,20-22,24-27H,7,9,14-19H2,1-6H3/b12-11+/t21?,22-,24+,25-,26+,27+,28+,29-/m1/s1. The minimum absolute atomic E-state index is 0.466. The van der Waals surface area contributed by atoms with Crippen molar-refractivity contribution in [3.8, 4) is 0 Å². The van der Waals surface area contributed by atoms with Crippen LogP contribution in [0.5, 0.6) is 0 Å². The summed E-state index contributed by atoms with van der Waals surface area (Å²) in [4.78, 5) is 0. The molecule has 0 nitrogen and oxygen atoms in total. The van der Waals surface area contributed by atoms with Crippen LogP contribution in [0.3, 0.4) is 0 Å². The highest BCUT2D eigenvalue weighted by Crippen LogP contribution is 2.66. The summed E-state index contributed by atoms with van der Waals surface area (Å²) >= 11 is 0. The van der Waals surface area contributed by atoms with Gasteiger partial charge in [0.1, 0.15) is 0 Å². The molecule has 4 rings (SSSR count). The highest BCUT2D eigenvalue weighted by Gasteiger charge is 2.58. The summed E-state index contributed by atoms with van der Waals surface area (Å²) < 4.78 is 0. The number of fused-ring (bicyclic) bond motifs is 5. The molecule has 2 fully saturated rings. The number of hydrogen-bond acceptors (Lipinski definition) is 0. The van der Waals surface area contributed by atoms with Gasteiger partial charge in [-0.3, -0.25) is 0 Å². The van der Waals surface area contributed by atoms with Crippen LogP contribution in [-0.4, -0.2) is 0 Å². The third kappa shape index (κ3) is 3.51. The quantitative estimate of drug-likeness (QED) is 0.409. The lowest BCUT2D eigenvalue weighted by atomic mass is 9.47. The molecule has 0 N–H and O–H groups in total. The fourth-order valence-corrected chi connectivity index (χ4v) is 8.49. The van der Waals surface area contributed by atoms with E-state index in [0.29, 0.717) is 10.8 Å². The highest BCUT2D eigenvalue weighted by atomic mass is 14.6. The normalized spacial score (nSPS) is 43.6. The first-order valence-electron chi connectivity index (χ1n) is 12.9. The Hall–Kier alpha value is -0.780. The predicted molar refractivity (Wildman–Crippen MR) is 127 cm³/mol. The lowest BCUT2D eigenvalue weighted by Crippen LogP contribution is -2.49. The maximum Gasteiger partial charge on any atom is -0.00445 e. The Labute approximate surface area is 181 Å². The van der Waals surface area contributed by atoms with Gasteiger partial charge in [-0.2, -0.15) is 0 Å². The zero-order valence-electron chi connectivity index (χ0n) is 20.1. The van der Waals surface area contributed by atoms with Gasteiger partial charge >= 0.3 is 0 Å². The van der Waals surface area contributed by atoms with Gasteiger partial charge in [-0.05, 0) is 109 Å². The zero-order chi connectivity index (χ0) is 20.8. The second-order valence-electron chi connectivity index (χ2n) is 11.9. The predicted octanol–water partition coefficient (Wildman–Crippen LogP) is 8.61. The van der Waals surface area contributed by atoms with Crippen LogP contribution in [0.4, 0.5) is 0 Å². The van der Waals surface area contributed by atoms with Crippen LogP contribution in [0.2, 0.25) is 0 Å². The van der Waals surface area contributed by atoms with Gasteiger partial charge < -0.3 is 0 Å². The molecule has 0 heteroatoms. The first-order chi connectivity index (χ1) is 13.8. The van der Waals surface area contributed by atoms with E-state index in [0.717, 1.165) is 41.4 Å². The second kappa shape index (κ2) is 8.05. The Morgan fingerprint density at radius 2 is 1.83 bits per heavy atom. The van der Waals surface area contributed by atoms with Crippen LogP contribution in [0.15, 0.2) is 36.0 Å². The molecule has 0 aromatic heterocycles. The molecular formula is C29H46. The molecule has 0 aromatic rings. The van der Waals surface area contributed by atoms with E-state index in [1.807, 2.05) is 0 Å². The highest BCUT2D eigenvalue weighted by molar-refractivity contribution is 5.34. The van der Waals surface area contributed by atoms with Crippen LogP contribution in [-0.2, 0) is 0 Å². The molecule has 2 saturated carbocycles. The molecule has 4 aliphatic rings. The minimum Gasteiger partial charge on any atom is -0.0851 e. The monoisotopic (exact) mass is 394 g/mol. The van der Waals surface area contributed by atoms with Gasteiger partial charge in [0, 0.05) is 0 Å². The number of rotatable bonds is 5. The van der Waals surface area contributed by atoms with E-state index in [-0.39, 0.29) is 0 Å². The maximum absolute atomic E-state index is 2.69. The Morgan fingerprint density at radius 1 is 1.03 bits per heavy atom. The molecule has 0 saturated heterocycles. The average molecular weight is 395 g/mol. The van der Waals surface area contributed by atoms with Crippen molar-refractivity contribution in [1.29, 1.82) is 0 Å². The largest absolute Gasteiger partial charge is 0.0851 e. The summed E-state index contributed by atoms with van der Waals surface area (Å²) in [6.07, 6.45) is 23.9. The summed E-state index contributed by atoms with van der Waals surface area (Å²) in [6, 6.07) is 0. The third-order valence-corrected chi connectivity index (χ3v) is 10.4. The molecule has 0 bridgehead atoms. The maximum atomic E-state index is 2.69. The molecular weight excluding hydrogens is 348 g/mol. The van der Waals surface area contributed by atoms with Gasteiger partial charge in [0.05, 0.1) is 0 Å². The van der Waals surface area contributed by atoms with Crippen molar-refractivity contribution in [2.75, 3.05) is 0 Å². The Kier molecular flexibility index (Phi) is 5.95. The van der Waals surface area contributed by atoms with Gasteiger partial charge in [-0.25, -0.2) is 0 Å². The zero-order valence-corrected chi connectivity index (χ0v) is 20.1. The molecule has 0 aromatic carbocycles. The van der Waals surface area contributed by atoms with E-state index in [2.05, 4.69) is 71.9 Å². The third-order valence-electron chi connectivity index (χ3n) is 10.4. The minimum atomic E-state index is 0.466. The lowest BCUT2D eigenvalue weighted by molar-refractivity contribution is -0.0410. The van der Waals surface area contributed by atoms with Gasteiger partial charge in [0.15, 0.2) is 0 Å². The fraction of sp³-hybridized carbons (Fsp3) is 0.793. The van der Waals surface area contributed by atoms with Gasteiger partial charge in [-0.15, -0.1) is 0 Å². The average Bonchev–Trinajstić information content (AvgIpc) is 3.05. The van der Waals surface area contributed by atoms with Crippen molar-refractivity contribution in [2.24, 2.45) is 52.3 Å². The molecule has 0 heterocycles. The molecule has 162 valence electrons. The smallest absolute Gasteiger partial charge is 0.00445 e. The summed E-state index contributed by atoms with van der Waals surface area (Å²) in [5.41, 5.74) is 2.71. The van der Waals surface area contributed by atoms with Crippen molar-refractivity contribution >= 4 is 0 Å². The van der Waals surface area contributed by atoms with Crippen molar-refractivity contribution < 1.29 is 0 Å². The van der Waals surface area contributed by atoms with Crippen molar-refractivity contribution in [3.05, 3.63) is 36.0 Å². The second-order valence-corrected chi connectivity index (χ2v) is 11.9. The number of hydrogen-bond donors (Lipinski definition) is 0. The van der Waals surface area contributed by atoms with Crippen molar-refractivity contribution in [3.63, 3.8) is 0 Å². The summed E-state index contributed by atoms with van der Waals surface area (Å²) in [5.74, 6) is 5.96. The Morgan fingerprint density at radius 3 is 2.55 bits per heavy atom. The number of allylic oxidation sites excluding steroid dienone is 6. The van der Waals surface area contributed by atoms with E-state index >= 15 is 0 Å². The molecule has 0 aliphatic heterocycles. The Balaban J connectivity index is 1.53. The van der Waals surface area contributed by atoms with Gasteiger partial charge in [0.2, 0.25) is 0 Å². The van der Waals surface area contributed by atoms with E-state index < -0.39 is 0 Å². The van der Waals surface area contributed by atoms with Crippen molar-refractivity contribution in [1.82, 2.24) is 0 Å². The molecule has 0 amide bonds. The lowest BCUT2D eigenvalue weighted by Gasteiger charge is -2.57. The van der Waals surface area contributed by atoms with Crippen LogP contribution in [0.1, 0.15) is 92.9 Å². The molecule has 0 spiro atoms. The summed E-state index contributed by atoms with van der Waals surface area (Å²) in [5, 5.41) is 0. The molecule has 8 atom stereocenters. The van der Waals surface area contributed by atoms with E-state index in [9.17, 15) is 0 Å². The Bertz CT molecular complexity index is 678. The molecule has 29 heavy (non-hydrogen) atoms. The molecule has 4 aliphatic carbocycles. The van der Waals surface area contributed by atoms with Crippen LogP contribution in [0.25, 0.3) is 0 Å². The topological polar surface area (TPSA) is 0 Å². The summed E-state index contributed by atoms with van der Waals surface area (Å²) in [6.45, 7) is 14.9. The van der Waals surface area contributed by atoms with Crippen LogP contribution in [0, 0.1) is 52.3 Å². The summed E-state index contributed by atoms with van der Waals surface area (Å²) in [7, 11) is 0. The van der Waals surface area contributed by atoms with Gasteiger partial charge in [0.25, 0.3) is 0 Å². The van der Waals surface area contributed by atoms with E-state index in [1.54, 1.807) is 5.57 Å². The van der Waals surface area contributed by atoms with Crippen molar-refractivity contribution in [2.45, 2.75) is 92.9 Å².